The van der Waals surface area contributed by atoms with Crippen molar-refractivity contribution in [1.82, 2.24) is 0 Å². The van der Waals surface area contributed by atoms with E-state index >= 15 is 0 Å². The number of ether oxygens (including phenoxy) is 2. The Labute approximate surface area is 698 Å². The maximum absolute atomic E-state index is 13.3. The lowest BCUT2D eigenvalue weighted by Crippen LogP contribution is -2.56. The van der Waals surface area contributed by atoms with Crippen LogP contribution in [0.2, 0.25) is 116 Å². The Morgan fingerprint density at radius 3 is 0.623 bits per heavy atom. The van der Waals surface area contributed by atoms with Gasteiger partial charge in [0.05, 0.1) is 71.2 Å². The molecule has 0 aliphatic rings. The van der Waals surface area contributed by atoms with Gasteiger partial charge in [-0.25, -0.2) is 4.89 Å². The normalized spacial score (nSPS) is 14.2. The minimum absolute atomic E-state index is 0.0139. The first kappa shape index (κ1) is 110. The van der Waals surface area contributed by atoms with Gasteiger partial charge in [-0.1, -0.05) is 121 Å². The number of aliphatic hydroxyl groups excluding tert-OH is 3. The highest BCUT2D eigenvalue weighted by molar-refractivity contribution is 6.86. The molecule has 0 fully saturated rings. The molecule has 19 nitrogen and oxygen atoms in total. The molecule has 0 radical (unpaired) electrons. The van der Waals surface area contributed by atoms with Crippen LogP contribution in [0, 0.1) is 0 Å². The second kappa shape index (κ2) is 51.7. The number of hydrogen-bond donors (Lipinski definition) is 6. The molecular formula is C73H121Cl4F9O19Si9. The standard InChI is InChI=1S/C30H49F3O8Si3.C24H35Cl2F3O4Si3.C8H8Cl2.C8H21F3O4Si3.C3H8O3/c1-24(34)18-36-20-26-8-12-28(13-9-26)22-38-42(3,4)40-44(7,17-16-30(31,32)33)41-43(5,6)39-23-29-14-10-27(11-15-29)21-37-19-25(2)35;1-34(2,30-18-22-10-6-20(16-25)7-11-22)32-36(5,15-14-24(27,28)29)33-35(3,4)31-19-23-12-8-21(17-26)9-13-23;9-5-7-1-2-8(6-10)4-3-7;1-16(2,12)14-18(5,15-17(3,4)13)7-6-8(9,10)11;1-3(4)2-6-5/h8-15,24-25,34-35H,16-23H2,1-7H3;6-13H,14-19H2,1-5H3;1-4H,5-6H2;12-13H,6-7H2,1-5H3;3-5H,2H2,1H3. The summed E-state index contributed by atoms with van der Waals surface area (Å²) >= 11 is 22.9. The fourth-order valence-corrected chi connectivity index (χ4v) is 45.3. The Balaban J connectivity index is 0.000000819. The van der Waals surface area contributed by atoms with Crippen LogP contribution in [-0.4, -0.2) is 164 Å². The van der Waals surface area contributed by atoms with Gasteiger partial charge < -0.3 is 76.8 Å². The third kappa shape index (κ3) is 56.4. The Bertz CT molecular complexity index is 3220. The Hall–Kier alpha value is -2.18. The summed E-state index contributed by atoms with van der Waals surface area (Å²) in [6.07, 6.45) is -17.6. The molecule has 0 spiro atoms. The molecule has 0 bridgehead atoms. The topological polar surface area (TPSA) is 241 Å². The zero-order valence-electron chi connectivity index (χ0n) is 68.6. The van der Waals surface area contributed by atoms with Crippen molar-refractivity contribution in [3.8, 4) is 0 Å². The molecule has 114 heavy (non-hydrogen) atoms. The van der Waals surface area contributed by atoms with E-state index < -0.39 is 133 Å². The third-order valence-electron chi connectivity index (χ3n) is 15.0. The van der Waals surface area contributed by atoms with E-state index in [1.54, 1.807) is 26.9 Å². The Morgan fingerprint density at radius 2 is 0.474 bits per heavy atom. The number of hydrogen-bond acceptors (Lipinski definition) is 19. The van der Waals surface area contributed by atoms with Crippen LogP contribution in [0.25, 0.3) is 0 Å². The Kier molecular flexibility index (Phi) is 49.8. The van der Waals surface area contributed by atoms with Crippen LogP contribution in [0.15, 0.2) is 121 Å². The summed E-state index contributed by atoms with van der Waals surface area (Å²) in [4.78, 5) is 23.0. The fourth-order valence-electron chi connectivity index (χ4n) is 10.2. The average molecular weight is 1870 g/mol. The molecule has 0 saturated carbocycles. The second-order valence-electron chi connectivity index (χ2n) is 30.5. The largest absolute Gasteiger partial charge is 0.415 e. The predicted octanol–water partition coefficient (Wildman–Crippen LogP) is 20.5. The van der Waals surface area contributed by atoms with Gasteiger partial charge >= 0.3 is 95.6 Å². The second-order valence-corrected chi connectivity index (χ2v) is 62.9. The summed E-state index contributed by atoms with van der Waals surface area (Å²) in [6, 6.07) is 37.7. The number of halogens is 13. The molecule has 3 atom stereocenters. The lowest BCUT2D eigenvalue weighted by molar-refractivity contribution is -0.255. The molecule has 0 aliphatic carbocycles. The number of benzene rings is 5. The zero-order valence-corrected chi connectivity index (χ0v) is 80.6. The molecule has 5 rings (SSSR count). The van der Waals surface area contributed by atoms with Crippen molar-refractivity contribution < 1.29 is 126 Å². The SMILES string of the molecule is CC(O)COCc1ccc(CO[Si](C)(C)O[Si](C)(CCC(F)(F)F)O[Si](C)(C)OCc2ccc(COCC(C)O)cc2)cc1.CC(O)COO.C[Si](C)(O)O[Si](C)(CCC(F)(F)F)O[Si](C)(C)O.C[Si](C)(OCc1ccc(CCl)cc1)O[Si](C)(CCC(F)(F)F)O[Si](C)(C)OCc1ccc(CCl)cc1.ClCc1ccc(CCl)cc1. The molecule has 41 heteroatoms. The lowest BCUT2D eigenvalue weighted by Gasteiger charge is -2.40. The van der Waals surface area contributed by atoms with Crippen LogP contribution in [0.1, 0.15) is 95.7 Å². The summed E-state index contributed by atoms with van der Waals surface area (Å²) in [5.41, 5.74) is 9.83. The Morgan fingerprint density at radius 1 is 0.298 bits per heavy atom. The summed E-state index contributed by atoms with van der Waals surface area (Å²) in [5, 5.41) is 34.5. The fraction of sp³-hybridized carbons (Fsp3) is 0.589. The highest BCUT2D eigenvalue weighted by Gasteiger charge is 2.50. The van der Waals surface area contributed by atoms with Crippen molar-refractivity contribution in [3.05, 3.63) is 177 Å². The van der Waals surface area contributed by atoms with Crippen molar-refractivity contribution in [2.75, 3.05) is 19.8 Å². The molecule has 5 aromatic rings. The summed E-state index contributed by atoms with van der Waals surface area (Å²) in [5.74, 6) is 1.99. The van der Waals surface area contributed by atoms with Crippen LogP contribution >= 0.6 is 46.4 Å². The van der Waals surface area contributed by atoms with Gasteiger partial charge in [0.1, 0.15) is 6.61 Å². The maximum Gasteiger partial charge on any atom is 0.389 e. The van der Waals surface area contributed by atoms with E-state index in [0.717, 1.165) is 55.6 Å². The first-order valence-corrected chi connectivity index (χ1v) is 63.4. The van der Waals surface area contributed by atoms with Crippen LogP contribution in [0.4, 0.5) is 39.5 Å². The minimum Gasteiger partial charge on any atom is -0.415 e. The maximum atomic E-state index is 13.3. The molecule has 6 N–H and O–H groups in total. The number of alkyl halides is 13. The highest BCUT2D eigenvalue weighted by Crippen LogP contribution is 2.36. The number of aliphatic hydroxyl groups is 3. The zero-order chi connectivity index (χ0) is 87.3. The monoisotopic (exact) mass is 1860 g/mol. The van der Waals surface area contributed by atoms with E-state index in [1.165, 1.54) is 39.7 Å². The van der Waals surface area contributed by atoms with E-state index in [-0.39, 0.29) is 51.2 Å². The predicted molar refractivity (Wildman–Crippen MR) is 450 cm³/mol. The molecule has 0 heterocycles. The van der Waals surface area contributed by atoms with Crippen LogP contribution in [0.5, 0.6) is 0 Å². The van der Waals surface area contributed by atoms with E-state index in [2.05, 4.69) is 4.89 Å². The summed E-state index contributed by atoms with van der Waals surface area (Å²) in [6.45, 7) is 32.4. The molecule has 5 aromatic carbocycles. The van der Waals surface area contributed by atoms with Gasteiger partial charge in [-0.05, 0) is 193 Å². The number of rotatable bonds is 44. The average Bonchev–Trinajstić information content (AvgIpc) is 0.820. The van der Waals surface area contributed by atoms with Gasteiger partial charge in [0.15, 0.2) is 0 Å². The molecule has 0 aliphatic heterocycles. The first-order valence-electron chi connectivity index (χ1n) is 36.8. The van der Waals surface area contributed by atoms with Crippen molar-refractivity contribution in [3.63, 3.8) is 0 Å². The summed E-state index contributed by atoms with van der Waals surface area (Å²) < 4.78 is 188. The molecule has 0 amide bonds. The minimum atomic E-state index is -4.35. The van der Waals surface area contributed by atoms with E-state index in [0.29, 0.717) is 49.9 Å². The van der Waals surface area contributed by atoms with E-state index in [9.17, 15) is 59.3 Å². The molecular weight excluding hydrogens is 1750 g/mol. The van der Waals surface area contributed by atoms with Crippen molar-refractivity contribution >= 4 is 123 Å². The van der Waals surface area contributed by atoms with Gasteiger partial charge in [-0.15, -0.1) is 46.4 Å². The van der Waals surface area contributed by atoms with Gasteiger partial charge in [0.2, 0.25) is 0 Å². The lowest BCUT2D eigenvalue weighted by atomic mass is 10.1. The van der Waals surface area contributed by atoms with Crippen molar-refractivity contribution in [2.45, 2.75) is 256 Å². The van der Waals surface area contributed by atoms with Gasteiger partial charge in [0, 0.05) is 42.8 Å². The molecule has 654 valence electrons. The third-order valence-corrected chi connectivity index (χ3v) is 45.3. The van der Waals surface area contributed by atoms with Crippen molar-refractivity contribution in [1.29, 1.82) is 0 Å². The molecule has 0 saturated heterocycles. The highest BCUT2D eigenvalue weighted by atomic mass is 35.5. The van der Waals surface area contributed by atoms with Gasteiger partial charge in [0.25, 0.3) is 0 Å². The summed E-state index contributed by atoms with van der Waals surface area (Å²) in [7, 11) is -27.5. The van der Waals surface area contributed by atoms with E-state index in [1.807, 2.05) is 174 Å². The van der Waals surface area contributed by atoms with Crippen LogP contribution < -0.4 is 0 Å². The van der Waals surface area contributed by atoms with Crippen molar-refractivity contribution in [2.24, 2.45) is 0 Å². The smallest absolute Gasteiger partial charge is 0.389 e. The molecule has 3 unspecified atom stereocenters. The van der Waals surface area contributed by atoms with Crippen LogP contribution in [-0.2, 0) is 120 Å². The molecule has 0 aromatic heterocycles. The van der Waals surface area contributed by atoms with Gasteiger partial charge in [-0.3, -0.25) is 5.26 Å². The quantitative estimate of drug-likeness (QED) is 0.00698. The van der Waals surface area contributed by atoms with E-state index in [4.69, 9.17) is 109 Å². The van der Waals surface area contributed by atoms with Gasteiger partial charge in [-0.2, -0.15) is 39.5 Å². The van der Waals surface area contributed by atoms with Crippen LogP contribution in [0.3, 0.4) is 0 Å². The first-order chi connectivity index (χ1) is 52.3.